The van der Waals surface area contributed by atoms with E-state index in [9.17, 15) is 19.2 Å². The van der Waals surface area contributed by atoms with Crippen LogP contribution in [-0.2, 0) is 19.2 Å². The first-order valence-electron chi connectivity index (χ1n) is 12.3. The van der Waals surface area contributed by atoms with Gasteiger partial charge in [-0.15, -0.1) is 0 Å². The molecule has 0 aromatic heterocycles. The van der Waals surface area contributed by atoms with Gasteiger partial charge < -0.3 is 9.47 Å². The molecule has 0 aliphatic carbocycles. The number of hydrogen-bond acceptors (Lipinski definition) is 6. The van der Waals surface area contributed by atoms with Crippen molar-refractivity contribution in [1.29, 1.82) is 0 Å². The molecule has 6 rings (SSSR count). The fourth-order valence-electron chi connectivity index (χ4n) is 4.47. The Morgan fingerprint density at radius 1 is 0.475 bits per heavy atom. The number of amides is 4. The number of hydrogen-bond donors (Lipinski definition) is 0. The van der Waals surface area contributed by atoms with Crippen LogP contribution in [-0.4, -0.2) is 23.6 Å². The SMILES string of the molecule is O=C1C=CC(=O)N1c1cccc(Oc2cccc(-c3ccccc3)c2Oc2cccc(N3C(=O)C=CC3=O)c2)c1. The van der Waals surface area contributed by atoms with Crippen molar-refractivity contribution >= 4 is 35.0 Å². The number of nitrogens with zero attached hydrogens (tertiary/aromatic N) is 2. The molecule has 0 fully saturated rings. The molecule has 2 aliphatic rings. The topological polar surface area (TPSA) is 93.2 Å². The van der Waals surface area contributed by atoms with Crippen molar-refractivity contribution in [1.82, 2.24) is 0 Å². The smallest absolute Gasteiger partial charge is 0.258 e. The van der Waals surface area contributed by atoms with E-state index in [0.717, 1.165) is 20.9 Å². The first kappa shape index (κ1) is 24.6. The number of carbonyl (C=O) groups excluding carboxylic acids is 4. The highest BCUT2D eigenvalue weighted by Crippen LogP contribution is 2.43. The van der Waals surface area contributed by atoms with Crippen molar-refractivity contribution in [3.63, 3.8) is 0 Å². The molecule has 0 N–H and O–H groups in total. The predicted octanol–water partition coefficient (Wildman–Crippen LogP) is 5.80. The lowest BCUT2D eigenvalue weighted by Gasteiger charge is -2.19. The Kier molecular flexibility index (Phi) is 6.26. The maximum Gasteiger partial charge on any atom is 0.258 e. The van der Waals surface area contributed by atoms with Crippen LogP contribution in [0.25, 0.3) is 11.1 Å². The summed E-state index contributed by atoms with van der Waals surface area (Å²) in [5.74, 6) is -0.189. The lowest BCUT2D eigenvalue weighted by molar-refractivity contribution is -0.121. The monoisotopic (exact) mass is 528 g/mol. The second-order valence-corrected chi connectivity index (χ2v) is 8.89. The van der Waals surface area contributed by atoms with Crippen molar-refractivity contribution in [3.05, 3.63) is 121 Å². The van der Waals surface area contributed by atoms with Gasteiger partial charge in [0, 0.05) is 42.0 Å². The summed E-state index contributed by atoms with van der Waals surface area (Å²) in [6, 6.07) is 28.4. The third-order valence-corrected chi connectivity index (χ3v) is 6.28. The molecule has 8 nitrogen and oxygen atoms in total. The minimum atomic E-state index is -0.430. The first-order chi connectivity index (χ1) is 19.5. The van der Waals surface area contributed by atoms with Gasteiger partial charge in [0.2, 0.25) is 0 Å². The van der Waals surface area contributed by atoms with E-state index < -0.39 is 23.6 Å². The number of imide groups is 2. The second kappa shape index (κ2) is 10.2. The Bertz CT molecular complexity index is 1710. The Hall–Kier alpha value is -5.76. The fraction of sp³-hybridized carbons (Fsp3) is 0. The lowest BCUT2D eigenvalue weighted by Crippen LogP contribution is -2.29. The van der Waals surface area contributed by atoms with Crippen molar-refractivity contribution in [2.24, 2.45) is 0 Å². The summed E-state index contributed by atoms with van der Waals surface area (Å²) in [5, 5.41) is 0. The summed E-state index contributed by atoms with van der Waals surface area (Å²) >= 11 is 0. The quantitative estimate of drug-likeness (QED) is 0.282. The van der Waals surface area contributed by atoms with Gasteiger partial charge in [0.1, 0.15) is 11.5 Å². The molecular weight excluding hydrogens is 508 g/mol. The van der Waals surface area contributed by atoms with E-state index in [2.05, 4.69) is 0 Å². The summed E-state index contributed by atoms with van der Waals surface area (Å²) in [5.41, 5.74) is 2.36. The maximum absolute atomic E-state index is 12.2. The van der Waals surface area contributed by atoms with Gasteiger partial charge >= 0.3 is 0 Å². The zero-order valence-corrected chi connectivity index (χ0v) is 20.9. The molecule has 8 heteroatoms. The van der Waals surface area contributed by atoms with E-state index >= 15 is 0 Å². The molecule has 0 unspecified atom stereocenters. The number of rotatable bonds is 7. The first-order valence-corrected chi connectivity index (χ1v) is 12.3. The van der Waals surface area contributed by atoms with E-state index in [-0.39, 0.29) is 0 Å². The van der Waals surface area contributed by atoms with Crippen LogP contribution in [0, 0.1) is 0 Å². The third-order valence-electron chi connectivity index (χ3n) is 6.28. The molecule has 0 saturated carbocycles. The van der Waals surface area contributed by atoms with Crippen molar-refractivity contribution in [3.8, 4) is 34.1 Å². The van der Waals surface area contributed by atoms with Gasteiger partial charge in [0.25, 0.3) is 23.6 Å². The van der Waals surface area contributed by atoms with Gasteiger partial charge in [-0.25, -0.2) is 9.80 Å². The Morgan fingerprint density at radius 3 is 1.52 bits per heavy atom. The highest BCUT2D eigenvalue weighted by Gasteiger charge is 2.27. The van der Waals surface area contributed by atoms with Crippen LogP contribution >= 0.6 is 0 Å². The van der Waals surface area contributed by atoms with Crippen LogP contribution in [0.15, 0.2) is 121 Å². The van der Waals surface area contributed by atoms with Crippen LogP contribution in [0.4, 0.5) is 11.4 Å². The average Bonchev–Trinajstić information content (AvgIpc) is 3.49. The minimum absolute atomic E-state index is 0.371. The number of benzene rings is 4. The second-order valence-electron chi connectivity index (χ2n) is 8.89. The van der Waals surface area contributed by atoms with Gasteiger partial charge in [-0.2, -0.15) is 0 Å². The molecule has 4 aromatic carbocycles. The molecule has 40 heavy (non-hydrogen) atoms. The number of anilines is 2. The maximum atomic E-state index is 12.2. The van der Waals surface area contributed by atoms with Crippen LogP contribution in [0.1, 0.15) is 0 Å². The van der Waals surface area contributed by atoms with E-state index in [0.29, 0.717) is 34.4 Å². The molecule has 194 valence electrons. The zero-order valence-electron chi connectivity index (χ0n) is 20.9. The van der Waals surface area contributed by atoms with Gasteiger partial charge in [-0.05, 0) is 35.9 Å². The normalized spacial score (nSPS) is 14.4. The van der Waals surface area contributed by atoms with Gasteiger partial charge in [-0.1, -0.05) is 54.6 Å². The molecule has 4 aromatic rings. The molecule has 2 aliphatic heterocycles. The summed E-state index contributed by atoms with van der Waals surface area (Å²) in [7, 11) is 0. The molecule has 0 saturated heterocycles. The predicted molar refractivity (Wildman–Crippen MR) is 148 cm³/mol. The number of para-hydroxylation sites is 1. The molecule has 2 heterocycles. The number of carbonyl (C=O) groups is 4. The standard InChI is InChI=1S/C32H20N2O6/c35-28-15-16-29(36)33(28)22-9-4-11-24(19-22)39-27-14-6-13-26(21-7-2-1-3-8-21)32(27)40-25-12-5-10-23(20-25)34-30(37)17-18-31(34)38/h1-20H. The molecule has 0 spiro atoms. The largest absolute Gasteiger partial charge is 0.453 e. The van der Waals surface area contributed by atoms with Crippen molar-refractivity contribution in [2.75, 3.05) is 9.80 Å². The van der Waals surface area contributed by atoms with Crippen LogP contribution in [0.5, 0.6) is 23.0 Å². The molecule has 0 bridgehead atoms. The highest BCUT2D eigenvalue weighted by atomic mass is 16.5. The Balaban J connectivity index is 1.38. The summed E-state index contributed by atoms with van der Waals surface area (Å²) in [6.07, 6.45) is 4.89. The van der Waals surface area contributed by atoms with Crippen molar-refractivity contribution < 1.29 is 28.7 Å². The summed E-state index contributed by atoms with van der Waals surface area (Å²) in [6.45, 7) is 0. The van der Waals surface area contributed by atoms with E-state index in [1.54, 1.807) is 54.6 Å². The minimum Gasteiger partial charge on any atom is -0.453 e. The summed E-state index contributed by atoms with van der Waals surface area (Å²) < 4.78 is 12.6. The van der Waals surface area contributed by atoms with Crippen LogP contribution in [0.3, 0.4) is 0 Å². The van der Waals surface area contributed by atoms with Gasteiger partial charge in [0.05, 0.1) is 11.4 Å². The molecule has 0 radical (unpaired) electrons. The van der Waals surface area contributed by atoms with Gasteiger partial charge in [-0.3, -0.25) is 19.2 Å². The van der Waals surface area contributed by atoms with Gasteiger partial charge in [0.15, 0.2) is 11.5 Å². The third kappa shape index (κ3) is 4.65. The average molecular weight is 529 g/mol. The van der Waals surface area contributed by atoms with Crippen LogP contribution in [0.2, 0.25) is 0 Å². The van der Waals surface area contributed by atoms with E-state index in [1.807, 2.05) is 42.5 Å². The number of ether oxygens (including phenoxy) is 2. The van der Waals surface area contributed by atoms with E-state index in [1.165, 1.54) is 24.3 Å². The molecular formula is C32H20N2O6. The Labute approximate surface area is 229 Å². The lowest BCUT2D eigenvalue weighted by atomic mass is 10.0. The fourth-order valence-corrected chi connectivity index (χ4v) is 4.47. The van der Waals surface area contributed by atoms with Crippen molar-refractivity contribution in [2.45, 2.75) is 0 Å². The summed E-state index contributed by atoms with van der Waals surface area (Å²) in [4.78, 5) is 50.9. The molecule has 0 atom stereocenters. The van der Waals surface area contributed by atoms with Crippen LogP contribution < -0.4 is 19.3 Å². The Morgan fingerprint density at radius 2 is 0.975 bits per heavy atom. The highest BCUT2D eigenvalue weighted by molar-refractivity contribution is 6.28. The zero-order chi connectivity index (χ0) is 27.6. The van der Waals surface area contributed by atoms with E-state index in [4.69, 9.17) is 9.47 Å². The molecule has 4 amide bonds.